The van der Waals surface area contributed by atoms with Gasteiger partial charge in [0.05, 0.1) is 6.04 Å². The van der Waals surface area contributed by atoms with Crippen LogP contribution in [0.15, 0.2) is 0 Å². The van der Waals surface area contributed by atoms with Gasteiger partial charge in [0.1, 0.15) is 6.04 Å². The Hall–Kier alpha value is -1.26. The van der Waals surface area contributed by atoms with E-state index >= 15 is 0 Å². The molecule has 0 aromatic carbocycles. The molecule has 0 aromatic heterocycles. The first-order valence-electron chi connectivity index (χ1n) is 4.27. The van der Waals surface area contributed by atoms with Crippen LogP contribution in [0.25, 0.3) is 0 Å². The van der Waals surface area contributed by atoms with Gasteiger partial charge in [-0.15, -0.1) is 0 Å². The molecular formula is C8H15N3O2. The molecule has 2 unspecified atom stereocenters. The predicted molar refractivity (Wildman–Crippen MR) is 47.9 cm³/mol. The smallest absolute Gasteiger partial charge is 0.318 e. The summed E-state index contributed by atoms with van der Waals surface area (Å²) in [4.78, 5) is 23.7. The zero-order valence-electron chi connectivity index (χ0n) is 8.07. The fourth-order valence-electron chi connectivity index (χ4n) is 1.75. The molecule has 1 aliphatic rings. The van der Waals surface area contributed by atoms with Gasteiger partial charge in [-0.3, -0.25) is 4.79 Å². The molecule has 2 atom stereocenters. The number of nitrogens with zero attached hydrogens (tertiary/aromatic N) is 1. The van der Waals surface area contributed by atoms with Crippen molar-refractivity contribution in [2.24, 2.45) is 11.7 Å². The van der Waals surface area contributed by atoms with E-state index in [1.165, 1.54) is 4.90 Å². The summed E-state index contributed by atoms with van der Waals surface area (Å²) in [5.41, 5.74) is 5.17. The highest BCUT2D eigenvalue weighted by atomic mass is 16.2. The molecule has 74 valence electrons. The van der Waals surface area contributed by atoms with Gasteiger partial charge in [-0.1, -0.05) is 13.8 Å². The van der Waals surface area contributed by atoms with Crippen LogP contribution < -0.4 is 11.1 Å². The summed E-state index contributed by atoms with van der Waals surface area (Å²) in [6.07, 6.45) is 0. The van der Waals surface area contributed by atoms with E-state index in [0.717, 1.165) is 0 Å². The number of amides is 3. The summed E-state index contributed by atoms with van der Waals surface area (Å²) >= 11 is 0. The summed E-state index contributed by atoms with van der Waals surface area (Å²) in [5, 5.41) is 2.55. The predicted octanol–water partition coefficient (Wildman–Crippen LogP) is -0.480. The molecule has 13 heavy (non-hydrogen) atoms. The number of primary amides is 1. The zero-order chi connectivity index (χ0) is 10.2. The summed E-state index contributed by atoms with van der Waals surface area (Å²) < 4.78 is 0. The Morgan fingerprint density at radius 3 is 2.46 bits per heavy atom. The molecule has 3 N–H and O–H groups in total. The third-order valence-electron chi connectivity index (χ3n) is 2.38. The molecule has 0 radical (unpaired) electrons. The van der Waals surface area contributed by atoms with Crippen LogP contribution in [0.2, 0.25) is 0 Å². The quantitative estimate of drug-likeness (QED) is 0.609. The van der Waals surface area contributed by atoms with Crippen LogP contribution in [0.3, 0.4) is 0 Å². The molecule has 5 nitrogen and oxygen atoms in total. The lowest BCUT2D eigenvalue weighted by molar-refractivity contribution is -0.120. The molecule has 0 bridgehead atoms. The maximum atomic E-state index is 11.2. The number of hydrogen-bond acceptors (Lipinski definition) is 2. The standard InChI is InChI=1S/C8H15N3O2/c1-4(2)6-5(7(9)12)10-8(13)11(6)3/h4-6H,1-3H3,(H2,9,12)(H,10,13). The Morgan fingerprint density at radius 2 is 2.15 bits per heavy atom. The minimum atomic E-state index is -0.558. The lowest BCUT2D eigenvalue weighted by atomic mass is 9.97. The van der Waals surface area contributed by atoms with Crippen molar-refractivity contribution in [2.45, 2.75) is 25.9 Å². The second-order valence-electron chi connectivity index (χ2n) is 3.68. The van der Waals surface area contributed by atoms with Crippen molar-refractivity contribution in [3.05, 3.63) is 0 Å². The maximum Gasteiger partial charge on any atom is 0.318 e. The highest BCUT2D eigenvalue weighted by molar-refractivity contribution is 5.90. The van der Waals surface area contributed by atoms with E-state index in [1.54, 1.807) is 7.05 Å². The molecule has 1 saturated heterocycles. The number of nitrogens with two attached hydrogens (primary N) is 1. The highest BCUT2D eigenvalue weighted by Gasteiger charge is 2.41. The van der Waals surface area contributed by atoms with Gasteiger partial charge in [0.15, 0.2) is 0 Å². The Morgan fingerprint density at radius 1 is 1.62 bits per heavy atom. The van der Waals surface area contributed by atoms with Gasteiger partial charge in [-0.2, -0.15) is 0 Å². The normalized spacial score (nSPS) is 28.0. The van der Waals surface area contributed by atoms with Gasteiger partial charge < -0.3 is 16.0 Å². The monoisotopic (exact) mass is 185 g/mol. The highest BCUT2D eigenvalue weighted by Crippen LogP contribution is 2.18. The van der Waals surface area contributed by atoms with E-state index in [9.17, 15) is 9.59 Å². The van der Waals surface area contributed by atoms with Crippen LogP contribution >= 0.6 is 0 Å². The maximum absolute atomic E-state index is 11.2. The molecule has 0 saturated carbocycles. The first-order chi connectivity index (χ1) is 5.95. The lowest BCUT2D eigenvalue weighted by Gasteiger charge is -2.24. The lowest BCUT2D eigenvalue weighted by Crippen LogP contribution is -2.47. The van der Waals surface area contributed by atoms with Crippen molar-refractivity contribution in [1.82, 2.24) is 10.2 Å². The average molecular weight is 185 g/mol. The number of nitrogens with one attached hydrogen (secondary N) is 1. The molecular weight excluding hydrogens is 170 g/mol. The summed E-state index contributed by atoms with van der Waals surface area (Å²) in [5.74, 6) is -0.266. The van der Waals surface area contributed by atoms with Gasteiger partial charge in [-0.25, -0.2) is 4.79 Å². The van der Waals surface area contributed by atoms with E-state index in [1.807, 2.05) is 13.8 Å². The molecule has 1 heterocycles. The van der Waals surface area contributed by atoms with Crippen LogP contribution in [0.5, 0.6) is 0 Å². The summed E-state index contributed by atoms with van der Waals surface area (Å²) in [6.45, 7) is 3.91. The van der Waals surface area contributed by atoms with Gasteiger partial charge >= 0.3 is 6.03 Å². The van der Waals surface area contributed by atoms with Crippen molar-refractivity contribution in [1.29, 1.82) is 0 Å². The Labute approximate surface area is 77.3 Å². The number of rotatable bonds is 2. The number of carbonyl (C=O) groups is 2. The molecule has 0 aromatic rings. The fourth-order valence-corrected chi connectivity index (χ4v) is 1.75. The average Bonchev–Trinajstić information content (AvgIpc) is 2.28. The van der Waals surface area contributed by atoms with Crippen LogP contribution in [-0.2, 0) is 4.79 Å². The largest absolute Gasteiger partial charge is 0.368 e. The van der Waals surface area contributed by atoms with Gasteiger partial charge in [-0.05, 0) is 5.92 Å². The summed E-state index contributed by atoms with van der Waals surface area (Å²) in [7, 11) is 1.67. The zero-order valence-corrected chi connectivity index (χ0v) is 8.07. The molecule has 1 rings (SSSR count). The number of hydrogen-bond donors (Lipinski definition) is 2. The second-order valence-corrected chi connectivity index (χ2v) is 3.68. The van der Waals surface area contributed by atoms with Crippen molar-refractivity contribution in [3.63, 3.8) is 0 Å². The molecule has 3 amide bonds. The molecule has 1 aliphatic heterocycles. The molecule has 5 heteroatoms. The number of urea groups is 1. The number of likely N-dealkylation sites (N-methyl/N-ethyl adjacent to an activating group) is 1. The van der Waals surface area contributed by atoms with E-state index in [2.05, 4.69) is 5.32 Å². The van der Waals surface area contributed by atoms with Gasteiger partial charge in [0.25, 0.3) is 0 Å². The van der Waals surface area contributed by atoms with Crippen LogP contribution in [0, 0.1) is 5.92 Å². The molecule has 1 fully saturated rings. The SMILES string of the molecule is CC(C)C1C(C(N)=O)NC(=O)N1C. The van der Waals surface area contributed by atoms with Crippen molar-refractivity contribution in [3.8, 4) is 0 Å². The topological polar surface area (TPSA) is 75.4 Å². The van der Waals surface area contributed by atoms with Crippen LogP contribution in [0.4, 0.5) is 4.79 Å². The van der Waals surface area contributed by atoms with Gasteiger partial charge in [0, 0.05) is 7.05 Å². The first-order valence-corrected chi connectivity index (χ1v) is 4.27. The third-order valence-corrected chi connectivity index (χ3v) is 2.38. The Balaban J connectivity index is 2.86. The van der Waals surface area contributed by atoms with E-state index < -0.39 is 11.9 Å². The first kappa shape index (κ1) is 9.83. The van der Waals surface area contributed by atoms with E-state index in [-0.39, 0.29) is 18.0 Å². The fraction of sp³-hybridized carbons (Fsp3) is 0.750. The Bertz CT molecular complexity index is 240. The molecule has 0 aliphatic carbocycles. The molecule has 0 spiro atoms. The van der Waals surface area contributed by atoms with Crippen molar-refractivity contribution >= 4 is 11.9 Å². The minimum Gasteiger partial charge on any atom is -0.368 e. The van der Waals surface area contributed by atoms with E-state index in [0.29, 0.717) is 0 Å². The third kappa shape index (κ3) is 1.59. The minimum absolute atomic E-state index is 0.134. The van der Waals surface area contributed by atoms with Crippen molar-refractivity contribution < 1.29 is 9.59 Å². The van der Waals surface area contributed by atoms with Crippen LogP contribution in [0.1, 0.15) is 13.8 Å². The van der Waals surface area contributed by atoms with Gasteiger partial charge in [0.2, 0.25) is 5.91 Å². The Kier molecular flexibility index (Phi) is 2.45. The summed E-state index contributed by atoms with van der Waals surface area (Å²) in [6, 6.07) is -0.926. The number of carbonyl (C=O) groups excluding carboxylic acids is 2. The van der Waals surface area contributed by atoms with Crippen molar-refractivity contribution in [2.75, 3.05) is 7.05 Å². The van der Waals surface area contributed by atoms with Crippen LogP contribution in [-0.4, -0.2) is 36.0 Å². The van der Waals surface area contributed by atoms with E-state index in [4.69, 9.17) is 5.73 Å². The second kappa shape index (κ2) is 3.24.